The Labute approximate surface area is 119 Å². The van der Waals surface area contributed by atoms with Crippen LogP contribution < -0.4 is 10.1 Å². The summed E-state index contributed by atoms with van der Waals surface area (Å²) in [5, 5.41) is 2.69. The molecule has 0 aromatic heterocycles. The van der Waals surface area contributed by atoms with Gasteiger partial charge in [0.1, 0.15) is 17.4 Å². The van der Waals surface area contributed by atoms with Crippen LogP contribution in [0.2, 0.25) is 0 Å². The van der Waals surface area contributed by atoms with Gasteiger partial charge in [0.15, 0.2) is 11.6 Å². The zero-order valence-corrected chi connectivity index (χ0v) is 11.4. The molecule has 0 aliphatic rings. The monoisotopic (exact) mass is 299 g/mol. The third-order valence-corrected chi connectivity index (χ3v) is 3.14. The predicted octanol–water partition coefficient (Wildman–Crippen LogP) is 3.56. The molecule has 0 aliphatic heterocycles. The molecule has 2 aromatic carbocycles. The second kappa shape index (κ2) is 6.13. The molecule has 1 N–H and O–H groups in total. The predicted molar refractivity (Wildman–Crippen MR) is 70.2 cm³/mol. The zero-order chi connectivity index (χ0) is 15.6. The summed E-state index contributed by atoms with van der Waals surface area (Å²) in [7, 11) is 2.76. The van der Waals surface area contributed by atoms with Crippen LogP contribution in [0.25, 0.3) is 0 Å². The standard InChI is InChI=1S/C15H13F4NO/c1-20-15(8-3-4-10(16)11(17)5-8)14-12(18)6-9(21-2)7-13(14)19/h3-7,15,20H,1-2H3. The molecular weight excluding hydrogens is 286 g/mol. The molecule has 0 fully saturated rings. The van der Waals surface area contributed by atoms with Crippen molar-refractivity contribution in [1.29, 1.82) is 0 Å². The van der Waals surface area contributed by atoms with Crippen LogP contribution in [0.5, 0.6) is 5.75 Å². The molecule has 0 radical (unpaired) electrons. The summed E-state index contributed by atoms with van der Waals surface area (Å²) < 4.78 is 59.2. The number of nitrogens with one attached hydrogen (secondary N) is 1. The van der Waals surface area contributed by atoms with Gasteiger partial charge in [0, 0.05) is 17.7 Å². The van der Waals surface area contributed by atoms with E-state index >= 15 is 0 Å². The molecule has 1 unspecified atom stereocenters. The zero-order valence-electron chi connectivity index (χ0n) is 11.4. The van der Waals surface area contributed by atoms with Gasteiger partial charge in [-0.3, -0.25) is 0 Å². The highest BCUT2D eigenvalue weighted by molar-refractivity contribution is 5.38. The first-order valence-corrected chi connectivity index (χ1v) is 6.13. The highest BCUT2D eigenvalue weighted by Gasteiger charge is 2.22. The molecule has 0 bridgehead atoms. The molecule has 2 rings (SSSR count). The average molecular weight is 299 g/mol. The van der Waals surface area contributed by atoms with Crippen molar-refractivity contribution in [1.82, 2.24) is 5.32 Å². The number of rotatable bonds is 4. The number of methoxy groups -OCH3 is 1. The highest BCUT2D eigenvalue weighted by atomic mass is 19.2. The Balaban J connectivity index is 2.53. The molecule has 0 saturated carbocycles. The topological polar surface area (TPSA) is 21.3 Å². The fourth-order valence-electron chi connectivity index (χ4n) is 2.12. The molecule has 6 heteroatoms. The maximum absolute atomic E-state index is 14.1. The van der Waals surface area contributed by atoms with E-state index in [4.69, 9.17) is 4.74 Å². The maximum Gasteiger partial charge on any atom is 0.159 e. The van der Waals surface area contributed by atoms with Crippen molar-refractivity contribution >= 4 is 0 Å². The molecule has 1 atom stereocenters. The summed E-state index contributed by atoms with van der Waals surface area (Å²) in [6.45, 7) is 0. The van der Waals surface area contributed by atoms with Gasteiger partial charge < -0.3 is 10.1 Å². The van der Waals surface area contributed by atoms with E-state index in [1.165, 1.54) is 20.2 Å². The Morgan fingerprint density at radius 3 is 2.00 bits per heavy atom. The van der Waals surface area contributed by atoms with Gasteiger partial charge in [0.25, 0.3) is 0 Å². The summed E-state index contributed by atoms with van der Waals surface area (Å²) in [5.74, 6) is -3.74. The minimum atomic E-state index is -1.08. The van der Waals surface area contributed by atoms with Gasteiger partial charge in [-0.25, -0.2) is 17.6 Å². The van der Waals surface area contributed by atoms with Crippen molar-refractivity contribution in [3.8, 4) is 5.75 Å². The quantitative estimate of drug-likeness (QED) is 0.872. The lowest BCUT2D eigenvalue weighted by Gasteiger charge is -2.19. The fraction of sp³-hybridized carbons (Fsp3) is 0.200. The Bertz CT molecular complexity index is 637. The van der Waals surface area contributed by atoms with Crippen molar-refractivity contribution < 1.29 is 22.3 Å². The average Bonchev–Trinajstić information content (AvgIpc) is 2.45. The maximum atomic E-state index is 14.1. The van der Waals surface area contributed by atoms with Gasteiger partial charge in [0.2, 0.25) is 0 Å². The van der Waals surface area contributed by atoms with Crippen LogP contribution in [0.3, 0.4) is 0 Å². The summed E-state index contributed by atoms with van der Waals surface area (Å²) in [6.07, 6.45) is 0. The van der Waals surface area contributed by atoms with E-state index in [1.807, 2.05) is 0 Å². The number of hydrogen-bond acceptors (Lipinski definition) is 2. The van der Waals surface area contributed by atoms with Crippen LogP contribution in [-0.4, -0.2) is 14.2 Å². The Hall–Kier alpha value is -2.08. The molecule has 0 amide bonds. The minimum absolute atomic E-state index is 0.0360. The first-order chi connectivity index (χ1) is 9.97. The largest absolute Gasteiger partial charge is 0.497 e. The van der Waals surface area contributed by atoms with Crippen LogP contribution in [0, 0.1) is 23.3 Å². The summed E-state index contributed by atoms with van der Waals surface area (Å²) >= 11 is 0. The van der Waals surface area contributed by atoms with Gasteiger partial charge in [-0.1, -0.05) is 6.07 Å². The van der Waals surface area contributed by atoms with Gasteiger partial charge >= 0.3 is 0 Å². The first-order valence-electron chi connectivity index (χ1n) is 6.13. The lowest BCUT2D eigenvalue weighted by molar-refractivity contribution is 0.403. The van der Waals surface area contributed by atoms with Crippen molar-refractivity contribution in [2.75, 3.05) is 14.2 Å². The van der Waals surface area contributed by atoms with E-state index in [2.05, 4.69) is 5.32 Å². The van der Waals surface area contributed by atoms with Gasteiger partial charge in [-0.2, -0.15) is 0 Å². The second-order valence-electron chi connectivity index (χ2n) is 4.40. The number of hydrogen-bond donors (Lipinski definition) is 1. The van der Waals surface area contributed by atoms with Crippen molar-refractivity contribution in [3.63, 3.8) is 0 Å². The Kier molecular flexibility index (Phi) is 4.47. The number of ether oxygens (including phenoxy) is 1. The van der Waals surface area contributed by atoms with Crippen molar-refractivity contribution in [2.45, 2.75) is 6.04 Å². The van der Waals surface area contributed by atoms with E-state index in [1.54, 1.807) is 0 Å². The Morgan fingerprint density at radius 1 is 0.905 bits per heavy atom. The van der Waals surface area contributed by atoms with Crippen LogP contribution in [0.15, 0.2) is 30.3 Å². The van der Waals surface area contributed by atoms with E-state index in [0.29, 0.717) is 0 Å². The molecule has 112 valence electrons. The van der Waals surface area contributed by atoms with Crippen LogP contribution in [-0.2, 0) is 0 Å². The highest BCUT2D eigenvalue weighted by Crippen LogP contribution is 2.30. The van der Waals surface area contributed by atoms with Gasteiger partial charge in [-0.15, -0.1) is 0 Å². The molecule has 0 saturated heterocycles. The van der Waals surface area contributed by atoms with E-state index < -0.39 is 29.3 Å². The summed E-state index contributed by atoms with van der Waals surface area (Å²) in [5.41, 5.74) is -0.0799. The van der Waals surface area contributed by atoms with E-state index in [-0.39, 0.29) is 16.9 Å². The van der Waals surface area contributed by atoms with Gasteiger partial charge in [-0.05, 0) is 24.7 Å². The fourth-order valence-corrected chi connectivity index (χ4v) is 2.12. The lowest BCUT2D eigenvalue weighted by Crippen LogP contribution is -2.21. The van der Waals surface area contributed by atoms with E-state index in [0.717, 1.165) is 24.3 Å². The molecular formula is C15H13F4NO. The SMILES string of the molecule is CNC(c1ccc(F)c(F)c1)c1c(F)cc(OC)cc1F. The third kappa shape index (κ3) is 3.00. The molecule has 21 heavy (non-hydrogen) atoms. The normalized spacial score (nSPS) is 12.3. The molecule has 0 aliphatic carbocycles. The second-order valence-corrected chi connectivity index (χ2v) is 4.40. The molecule has 2 nitrogen and oxygen atoms in total. The van der Waals surface area contributed by atoms with Crippen LogP contribution >= 0.6 is 0 Å². The molecule has 2 aromatic rings. The van der Waals surface area contributed by atoms with Crippen molar-refractivity contribution in [3.05, 3.63) is 64.7 Å². The van der Waals surface area contributed by atoms with Crippen LogP contribution in [0.1, 0.15) is 17.2 Å². The third-order valence-electron chi connectivity index (χ3n) is 3.14. The summed E-state index contributed by atoms with van der Waals surface area (Å²) in [4.78, 5) is 0. The minimum Gasteiger partial charge on any atom is -0.497 e. The smallest absolute Gasteiger partial charge is 0.159 e. The number of benzene rings is 2. The first kappa shape index (κ1) is 15.3. The van der Waals surface area contributed by atoms with E-state index in [9.17, 15) is 17.6 Å². The molecule has 0 heterocycles. The molecule has 0 spiro atoms. The number of halogens is 4. The van der Waals surface area contributed by atoms with Gasteiger partial charge in [0.05, 0.1) is 13.2 Å². The van der Waals surface area contributed by atoms with Crippen LogP contribution in [0.4, 0.5) is 17.6 Å². The summed E-state index contributed by atoms with van der Waals surface area (Å²) in [6, 6.07) is 4.19. The lowest BCUT2D eigenvalue weighted by atomic mass is 9.97. The van der Waals surface area contributed by atoms with Crippen molar-refractivity contribution in [2.24, 2.45) is 0 Å². The Morgan fingerprint density at radius 2 is 1.52 bits per heavy atom.